The van der Waals surface area contributed by atoms with Crippen LogP contribution in [0.15, 0.2) is 0 Å². The van der Waals surface area contributed by atoms with Gasteiger partial charge in [0.15, 0.2) is 0 Å². The largest absolute Gasteiger partial charge is 0.481 e. The lowest BCUT2D eigenvalue weighted by Gasteiger charge is -2.05. The summed E-state index contributed by atoms with van der Waals surface area (Å²) in [6.07, 6.45) is 1.88. The van der Waals surface area contributed by atoms with Gasteiger partial charge in [-0.15, -0.1) is 0 Å². The van der Waals surface area contributed by atoms with Gasteiger partial charge in [-0.2, -0.15) is 0 Å². The number of carboxylic acids is 1. The van der Waals surface area contributed by atoms with Crippen LogP contribution in [0.25, 0.3) is 0 Å². The van der Waals surface area contributed by atoms with Crippen LogP contribution in [0.5, 0.6) is 0 Å². The van der Waals surface area contributed by atoms with Crippen molar-refractivity contribution in [2.75, 3.05) is 6.61 Å². The number of carbonyl (C=O) groups excluding carboxylic acids is 1. The maximum Gasteiger partial charge on any atom is 0.308 e. The van der Waals surface area contributed by atoms with Gasteiger partial charge >= 0.3 is 11.9 Å². The molecule has 0 spiro atoms. The Morgan fingerprint density at radius 3 is 2.00 bits per heavy atom. The molecular formula is C11H22O4. The molecule has 0 saturated carbocycles. The summed E-state index contributed by atoms with van der Waals surface area (Å²) >= 11 is 0. The van der Waals surface area contributed by atoms with Gasteiger partial charge in [0.25, 0.3) is 0 Å². The molecule has 0 aliphatic rings. The summed E-state index contributed by atoms with van der Waals surface area (Å²) in [5.74, 6) is -0.734. The lowest BCUT2D eigenvalue weighted by Crippen LogP contribution is -2.13. The van der Waals surface area contributed by atoms with Crippen LogP contribution in [-0.4, -0.2) is 23.7 Å². The Morgan fingerprint density at radius 1 is 1.27 bits per heavy atom. The molecule has 0 saturated heterocycles. The van der Waals surface area contributed by atoms with Crippen molar-refractivity contribution < 1.29 is 19.4 Å². The third-order valence-electron chi connectivity index (χ3n) is 1.77. The molecule has 90 valence electrons. The molecule has 1 atom stereocenters. The molecule has 0 fully saturated rings. The van der Waals surface area contributed by atoms with Crippen molar-refractivity contribution >= 4 is 11.9 Å². The highest BCUT2D eigenvalue weighted by atomic mass is 16.5. The van der Waals surface area contributed by atoms with E-state index in [2.05, 4.69) is 0 Å². The Bertz CT molecular complexity index is 177. The van der Waals surface area contributed by atoms with Crippen molar-refractivity contribution in [3.05, 3.63) is 0 Å². The summed E-state index contributed by atoms with van der Waals surface area (Å²) in [6.45, 7) is 8.00. The van der Waals surface area contributed by atoms with Crippen LogP contribution < -0.4 is 0 Å². The molecule has 0 aromatic carbocycles. The second-order valence-corrected chi connectivity index (χ2v) is 3.21. The molecule has 0 aromatic rings. The number of esters is 1. The van der Waals surface area contributed by atoms with Gasteiger partial charge in [-0.05, 0) is 19.8 Å². The van der Waals surface area contributed by atoms with Gasteiger partial charge in [-0.3, -0.25) is 9.59 Å². The smallest absolute Gasteiger partial charge is 0.308 e. The molecule has 0 heterocycles. The normalized spacial score (nSPS) is 10.9. The van der Waals surface area contributed by atoms with E-state index >= 15 is 0 Å². The minimum Gasteiger partial charge on any atom is -0.481 e. The summed E-state index contributed by atoms with van der Waals surface area (Å²) in [6, 6.07) is 0. The first-order chi connectivity index (χ1) is 6.99. The molecule has 0 aliphatic heterocycles. The molecule has 0 aliphatic carbocycles. The molecule has 1 N–H and O–H groups in total. The third kappa shape index (κ3) is 12.9. The number of hydrogen-bond acceptors (Lipinski definition) is 3. The van der Waals surface area contributed by atoms with E-state index in [1.807, 2.05) is 27.7 Å². The van der Waals surface area contributed by atoms with Gasteiger partial charge < -0.3 is 9.84 Å². The summed E-state index contributed by atoms with van der Waals surface area (Å²) in [4.78, 5) is 20.4. The summed E-state index contributed by atoms with van der Waals surface area (Å²) in [5, 5.41) is 7.91. The molecule has 0 bridgehead atoms. The summed E-state index contributed by atoms with van der Waals surface area (Å²) in [5.41, 5.74) is 0. The number of carbonyl (C=O) groups is 2. The highest BCUT2D eigenvalue weighted by molar-refractivity contribution is 5.71. The fourth-order valence-electron chi connectivity index (χ4n) is 0.665. The van der Waals surface area contributed by atoms with E-state index in [0.29, 0.717) is 13.0 Å². The zero-order chi connectivity index (χ0) is 12.3. The van der Waals surface area contributed by atoms with Crippen LogP contribution >= 0.6 is 0 Å². The zero-order valence-electron chi connectivity index (χ0n) is 10.1. The van der Waals surface area contributed by atoms with E-state index in [4.69, 9.17) is 9.84 Å². The van der Waals surface area contributed by atoms with Crippen molar-refractivity contribution in [3.63, 3.8) is 0 Å². The molecule has 0 rings (SSSR count). The monoisotopic (exact) mass is 218 g/mol. The number of aliphatic carboxylic acids is 1. The standard InChI is InChI=1S/C7H14O2.C4H8O2/c1-4-6(3)7(8)9-5-2;1-2-3-4(5)6/h6H,4-5H2,1-3H3;2-3H2,1H3,(H,5,6). The zero-order valence-corrected chi connectivity index (χ0v) is 10.1. The quantitative estimate of drug-likeness (QED) is 0.720. The average molecular weight is 218 g/mol. The van der Waals surface area contributed by atoms with E-state index < -0.39 is 5.97 Å². The van der Waals surface area contributed by atoms with Gasteiger partial charge in [-0.1, -0.05) is 20.8 Å². The third-order valence-corrected chi connectivity index (χ3v) is 1.77. The maximum atomic E-state index is 10.8. The van der Waals surface area contributed by atoms with E-state index in [1.54, 1.807) is 0 Å². The second-order valence-electron chi connectivity index (χ2n) is 3.21. The van der Waals surface area contributed by atoms with Crippen molar-refractivity contribution in [1.82, 2.24) is 0 Å². The minimum absolute atomic E-state index is 0.0601. The fraction of sp³-hybridized carbons (Fsp3) is 0.818. The predicted molar refractivity (Wildman–Crippen MR) is 58.6 cm³/mol. The van der Waals surface area contributed by atoms with E-state index in [1.165, 1.54) is 0 Å². The minimum atomic E-state index is -0.711. The van der Waals surface area contributed by atoms with Crippen LogP contribution in [0.1, 0.15) is 47.0 Å². The van der Waals surface area contributed by atoms with Crippen LogP contribution in [0, 0.1) is 5.92 Å². The molecule has 0 aromatic heterocycles. The highest BCUT2D eigenvalue weighted by Gasteiger charge is 2.09. The molecule has 0 radical (unpaired) electrons. The topological polar surface area (TPSA) is 63.6 Å². The molecular weight excluding hydrogens is 196 g/mol. The van der Waals surface area contributed by atoms with Crippen LogP contribution in [0.4, 0.5) is 0 Å². The Labute approximate surface area is 91.6 Å². The number of hydrogen-bond donors (Lipinski definition) is 1. The van der Waals surface area contributed by atoms with Gasteiger partial charge in [0.2, 0.25) is 0 Å². The molecule has 15 heavy (non-hydrogen) atoms. The number of carboxylic acid groups (broad SMARTS) is 1. The SMILES string of the molecule is CCCC(=O)O.CCOC(=O)C(C)CC. The highest BCUT2D eigenvalue weighted by Crippen LogP contribution is 2.01. The fourth-order valence-corrected chi connectivity index (χ4v) is 0.665. The second kappa shape index (κ2) is 11.0. The number of ether oxygens (including phenoxy) is 1. The van der Waals surface area contributed by atoms with Crippen LogP contribution in [-0.2, 0) is 14.3 Å². The predicted octanol–water partition coefficient (Wildman–Crippen LogP) is 2.47. The van der Waals surface area contributed by atoms with Crippen molar-refractivity contribution in [2.24, 2.45) is 5.92 Å². The Balaban J connectivity index is 0. The average Bonchev–Trinajstić information content (AvgIpc) is 2.17. The molecule has 1 unspecified atom stereocenters. The van der Waals surface area contributed by atoms with Gasteiger partial charge in [0.05, 0.1) is 12.5 Å². The lowest BCUT2D eigenvalue weighted by atomic mass is 10.1. The molecule has 4 nitrogen and oxygen atoms in total. The molecule has 0 amide bonds. The van der Waals surface area contributed by atoms with Gasteiger partial charge in [0, 0.05) is 6.42 Å². The van der Waals surface area contributed by atoms with Crippen LogP contribution in [0.3, 0.4) is 0 Å². The van der Waals surface area contributed by atoms with Crippen molar-refractivity contribution in [3.8, 4) is 0 Å². The summed E-state index contributed by atoms with van der Waals surface area (Å²) < 4.78 is 4.76. The first kappa shape index (κ1) is 16.4. The van der Waals surface area contributed by atoms with Gasteiger partial charge in [0.1, 0.15) is 0 Å². The number of rotatable bonds is 5. The Morgan fingerprint density at radius 2 is 1.80 bits per heavy atom. The first-order valence-electron chi connectivity index (χ1n) is 5.37. The first-order valence-corrected chi connectivity index (χ1v) is 5.37. The van der Waals surface area contributed by atoms with E-state index in [-0.39, 0.29) is 11.9 Å². The Hall–Kier alpha value is -1.06. The van der Waals surface area contributed by atoms with Crippen molar-refractivity contribution in [1.29, 1.82) is 0 Å². The van der Waals surface area contributed by atoms with Gasteiger partial charge in [-0.25, -0.2) is 0 Å². The Kier molecular flexibility index (Phi) is 12.0. The van der Waals surface area contributed by atoms with E-state index in [9.17, 15) is 9.59 Å². The lowest BCUT2D eigenvalue weighted by molar-refractivity contribution is -0.147. The maximum absolute atomic E-state index is 10.8. The van der Waals surface area contributed by atoms with Crippen LogP contribution in [0.2, 0.25) is 0 Å². The molecule has 4 heteroatoms. The van der Waals surface area contributed by atoms with Crippen molar-refractivity contribution in [2.45, 2.75) is 47.0 Å². The van der Waals surface area contributed by atoms with E-state index in [0.717, 1.165) is 12.8 Å². The summed E-state index contributed by atoms with van der Waals surface area (Å²) in [7, 11) is 0.